The second kappa shape index (κ2) is 9.17. The maximum atomic E-state index is 13.7. The van der Waals surface area contributed by atoms with Crippen molar-refractivity contribution in [3.05, 3.63) is 52.8 Å². The van der Waals surface area contributed by atoms with Gasteiger partial charge in [-0.2, -0.15) is 5.10 Å². The second-order valence-electron chi connectivity index (χ2n) is 8.53. The van der Waals surface area contributed by atoms with Crippen LogP contribution in [0.15, 0.2) is 30.6 Å². The van der Waals surface area contributed by atoms with Crippen molar-refractivity contribution in [2.75, 3.05) is 6.61 Å². The van der Waals surface area contributed by atoms with E-state index in [2.05, 4.69) is 39.0 Å². The van der Waals surface area contributed by atoms with Gasteiger partial charge >= 0.3 is 5.97 Å². The number of hydrogen-bond donors (Lipinski definition) is 0. The zero-order valence-corrected chi connectivity index (χ0v) is 19.0. The van der Waals surface area contributed by atoms with E-state index in [1.165, 1.54) is 16.9 Å². The minimum Gasteiger partial charge on any atom is -0.462 e. The summed E-state index contributed by atoms with van der Waals surface area (Å²) >= 11 is 0. The molecule has 0 spiro atoms. The number of ether oxygens (including phenoxy) is 1. The van der Waals surface area contributed by atoms with Crippen molar-refractivity contribution in [1.82, 2.24) is 9.78 Å². The van der Waals surface area contributed by atoms with Gasteiger partial charge in [0.25, 0.3) is 6.43 Å². The van der Waals surface area contributed by atoms with Gasteiger partial charge in [-0.05, 0) is 42.2 Å². The number of rotatable bonds is 8. The number of nitrogens with zero attached hydrogens (tertiary/aromatic N) is 2. The van der Waals surface area contributed by atoms with Crippen LogP contribution >= 0.6 is 0 Å². The van der Waals surface area contributed by atoms with Gasteiger partial charge < -0.3 is 9.16 Å². The molecule has 8 heteroatoms. The third-order valence-electron chi connectivity index (χ3n) is 5.33. The van der Waals surface area contributed by atoms with E-state index in [1.54, 1.807) is 25.3 Å². The Bertz CT molecular complexity index is 845. The minimum absolute atomic E-state index is 0.00859. The summed E-state index contributed by atoms with van der Waals surface area (Å²) in [6.45, 7) is 13.0. The summed E-state index contributed by atoms with van der Waals surface area (Å²) in [5.74, 6) is -0.454. The van der Waals surface area contributed by atoms with E-state index in [0.717, 1.165) is 0 Å². The number of carbonyl (C=O) groups is 1. The first kappa shape index (κ1) is 23.2. The lowest BCUT2D eigenvalue weighted by molar-refractivity contribution is 0.0526. The first-order chi connectivity index (χ1) is 13.4. The molecule has 29 heavy (non-hydrogen) atoms. The molecule has 0 bridgehead atoms. The normalized spacial score (nSPS) is 12.4. The molecule has 5 nitrogen and oxygen atoms in total. The van der Waals surface area contributed by atoms with Crippen LogP contribution in [-0.4, -0.2) is 30.7 Å². The van der Waals surface area contributed by atoms with Crippen LogP contribution in [0.1, 0.15) is 61.2 Å². The zero-order valence-electron chi connectivity index (χ0n) is 18.0. The average Bonchev–Trinajstić information content (AvgIpc) is 3.08. The maximum Gasteiger partial charge on any atom is 0.341 e. The van der Waals surface area contributed by atoms with E-state index in [0.29, 0.717) is 16.7 Å². The van der Waals surface area contributed by atoms with E-state index >= 15 is 0 Å². The van der Waals surface area contributed by atoms with Crippen LogP contribution in [0.5, 0.6) is 0 Å². The molecule has 0 saturated heterocycles. The van der Waals surface area contributed by atoms with Gasteiger partial charge in [-0.1, -0.05) is 32.9 Å². The highest BCUT2D eigenvalue weighted by Crippen LogP contribution is 2.37. The summed E-state index contributed by atoms with van der Waals surface area (Å²) < 4.78 is 39.9. The van der Waals surface area contributed by atoms with Crippen LogP contribution in [0, 0.1) is 0 Å². The predicted molar refractivity (Wildman–Crippen MR) is 111 cm³/mol. The standard InChI is InChI=1S/C21H30F2N2O3Si/c1-7-27-20(26)17-11-24-25(13-17)12-15-8-9-16(18(10-15)19(22)23)14-28-29(5,6)21(2,3)4/h8-11,13,19H,7,12,14H2,1-6H3. The molecule has 0 aliphatic carbocycles. The van der Waals surface area contributed by atoms with E-state index in [-0.39, 0.29) is 30.4 Å². The SMILES string of the molecule is CCOC(=O)c1cnn(Cc2ccc(CO[Si](C)(C)C(C)(C)C)c(C(F)F)c2)c1. The van der Waals surface area contributed by atoms with Gasteiger partial charge in [0, 0.05) is 11.8 Å². The summed E-state index contributed by atoms with van der Waals surface area (Å²) in [6, 6.07) is 4.97. The fourth-order valence-corrected chi connectivity index (χ4v) is 3.46. The molecule has 0 fully saturated rings. The molecule has 0 aliphatic heterocycles. The van der Waals surface area contributed by atoms with Crippen LogP contribution in [0.3, 0.4) is 0 Å². The lowest BCUT2D eigenvalue weighted by Gasteiger charge is -2.36. The highest BCUT2D eigenvalue weighted by molar-refractivity contribution is 6.74. The van der Waals surface area contributed by atoms with Crippen molar-refractivity contribution in [3.63, 3.8) is 0 Å². The smallest absolute Gasteiger partial charge is 0.341 e. The monoisotopic (exact) mass is 424 g/mol. The number of esters is 1. The van der Waals surface area contributed by atoms with E-state index in [4.69, 9.17) is 9.16 Å². The van der Waals surface area contributed by atoms with Gasteiger partial charge in [0.2, 0.25) is 0 Å². The van der Waals surface area contributed by atoms with E-state index in [1.807, 2.05) is 0 Å². The van der Waals surface area contributed by atoms with Crippen molar-refractivity contribution < 1.29 is 22.7 Å². The molecule has 0 atom stereocenters. The Balaban J connectivity index is 2.16. The predicted octanol–water partition coefficient (Wildman–Crippen LogP) is 5.57. The minimum atomic E-state index is -2.60. The lowest BCUT2D eigenvalue weighted by Crippen LogP contribution is -2.40. The molecule has 0 saturated carbocycles. The molecular weight excluding hydrogens is 394 g/mol. The molecular formula is C21H30F2N2O3Si. The molecule has 0 amide bonds. The van der Waals surface area contributed by atoms with Crippen molar-refractivity contribution in [1.29, 1.82) is 0 Å². The maximum absolute atomic E-state index is 13.7. The van der Waals surface area contributed by atoms with Crippen LogP contribution in [0.25, 0.3) is 0 Å². The molecule has 0 aliphatic rings. The second-order valence-corrected chi connectivity index (χ2v) is 13.3. The summed E-state index contributed by atoms with van der Waals surface area (Å²) in [4.78, 5) is 11.7. The molecule has 1 aromatic heterocycles. The summed E-state index contributed by atoms with van der Waals surface area (Å²) in [5, 5.41) is 4.13. The Hall–Kier alpha value is -2.06. The molecule has 0 radical (unpaired) electrons. The molecule has 0 unspecified atom stereocenters. The quantitative estimate of drug-likeness (QED) is 0.411. The first-order valence-electron chi connectivity index (χ1n) is 9.68. The number of halogens is 2. The third kappa shape index (κ3) is 5.96. The molecule has 1 aromatic carbocycles. The van der Waals surface area contributed by atoms with Crippen molar-refractivity contribution in [2.45, 2.75) is 65.4 Å². The lowest BCUT2D eigenvalue weighted by atomic mass is 10.0. The van der Waals surface area contributed by atoms with Gasteiger partial charge in [0.1, 0.15) is 0 Å². The molecule has 2 rings (SSSR count). The van der Waals surface area contributed by atoms with Gasteiger partial charge in [0.05, 0.1) is 31.5 Å². The van der Waals surface area contributed by atoms with Crippen molar-refractivity contribution >= 4 is 14.3 Å². The topological polar surface area (TPSA) is 53.3 Å². The fraction of sp³-hybridized carbons (Fsp3) is 0.524. The van der Waals surface area contributed by atoms with Crippen LogP contribution in [0.2, 0.25) is 18.1 Å². The Morgan fingerprint density at radius 2 is 1.97 bits per heavy atom. The molecule has 160 valence electrons. The van der Waals surface area contributed by atoms with Gasteiger partial charge in [-0.25, -0.2) is 13.6 Å². The number of alkyl halides is 2. The van der Waals surface area contributed by atoms with Crippen molar-refractivity contribution in [2.24, 2.45) is 0 Å². The summed E-state index contributed by atoms with van der Waals surface area (Å²) in [6.07, 6.45) is 0.364. The third-order valence-corrected chi connectivity index (χ3v) is 9.81. The van der Waals surface area contributed by atoms with Gasteiger partial charge in [-0.3, -0.25) is 4.68 Å². The van der Waals surface area contributed by atoms with Crippen molar-refractivity contribution in [3.8, 4) is 0 Å². The number of carbonyl (C=O) groups excluding carboxylic acids is 1. The molecule has 2 aromatic rings. The molecule has 0 N–H and O–H groups in total. The Kier molecular flexibility index (Phi) is 7.34. The fourth-order valence-electron chi connectivity index (χ4n) is 2.51. The average molecular weight is 425 g/mol. The Morgan fingerprint density at radius 1 is 1.28 bits per heavy atom. The number of aromatic nitrogens is 2. The van der Waals surface area contributed by atoms with Gasteiger partial charge in [-0.15, -0.1) is 0 Å². The van der Waals surface area contributed by atoms with Gasteiger partial charge in [0.15, 0.2) is 8.32 Å². The largest absolute Gasteiger partial charge is 0.462 e. The number of benzene rings is 1. The summed E-state index contributed by atoms with van der Waals surface area (Å²) in [5.41, 5.74) is 1.48. The Labute approximate surface area is 172 Å². The molecule has 1 heterocycles. The zero-order chi connectivity index (χ0) is 21.8. The van der Waals surface area contributed by atoms with E-state index < -0.39 is 20.7 Å². The highest BCUT2D eigenvalue weighted by atomic mass is 28.4. The van der Waals surface area contributed by atoms with Crippen LogP contribution in [0.4, 0.5) is 8.78 Å². The summed E-state index contributed by atoms with van der Waals surface area (Å²) in [7, 11) is -2.04. The van der Waals surface area contributed by atoms with E-state index in [9.17, 15) is 13.6 Å². The highest BCUT2D eigenvalue weighted by Gasteiger charge is 2.37. The van der Waals surface area contributed by atoms with Crippen LogP contribution < -0.4 is 0 Å². The number of hydrogen-bond acceptors (Lipinski definition) is 4. The van der Waals surface area contributed by atoms with Crippen LogP contribution in [-0.2, 0) is 22.3 Å². The first-order valence-corrected chi connectivity index (χ1v) is 12.6. The Morgan fingerprint density at radius 3 is 2.55 bits per heavy atom.